The Morgan fingerprint density at radius 2 is 1.77 bits per heavy atom. The largest absolute Gasteiger partial charge is 0.393 e. The first-order chi connectivity index (χ1) is 15.3. The van der Waals surface area contributed by atoms with E-state index in [9.17, 15) is 5.11 Å². The van der Waals surface area contributed by atoms with Crippen LogP contribution in [-0.4, -0.2) is 40.1 Å². The average molecular weight is 415 g/mol. The number of benzene rings is 2. The van der Waals surface area contributed by atoms with E-state index in [1.54, 1.807) is 0 Å². The molecule has 0 bridgehead atoms. The van der Waals surface area contributed by atoms with E-state index in [0.29, 0.717) is 6.04 Å². The van der Waals surface area contributed by atoms with Crippen molar-refractivity contribution in [3.8, 4) is 11.1 Å². The van der Waals surface area contributed by atoms with E-state index in [-0.39, 0.29) is 6.10 Å². The lowest BCUT2D eigenvalue weighted by atomic mass is 9.95. The number of rotatable bonds is 3. The summed E-state index contributed by atoms with van der Waals surface area (Å²) in [6, 6.07) is 11.9. The number of hydrogen-bond donors (Lipinski definition) is 1. The molecule has 1 saturated carbocycles. The van der Waals surface area contributed by atoms with Gasteiger partial charge in [-0.2, -0.15) is 0 Å². The molecular formula is C26H30N4O. The van der Waals surface area contributed by atoms with E-state index < -0.39 is 0 Å². The van der Waals surface area contributed by atoms with Crippen LogP contribution < -0.4 is 4.90 Å². The molecule has 1 aliphatic carbocycles. The van der Waals surface area contributed by atoms with Crippen LogP contribution in [0.25, 0.3) is 22.2 Å². The SMILES string of the molecule is OC1CCN(c2cc3c(c(-c4ccc5c(c4)ncn5C4CCCCC4)c2)N=CC3)CC1. The predicted octanol–water partition coefficient (Wildman–Crippen LogP) is 5.43. The third-order valence-electron chi connectivity index (χ3n) is 7.39. The molecule has 2 aromatic carbocycles. The summed E-state index contributed by atoms with van der Waals surface area (Å²) in [7, 11) is 0. The molecule has 1 aromatic heterocycles. The molecule has 2 aliphatic heterocycles. The van der Waals surface area contributed by atoms with Crippen molar-refractivity contribution in [1.82, 2.24) is 9.55 Å². The molecule has 0 radical (unpaired) electrons. The number of nitrogens with zero attached hydrogens (tertiary/aromatic N) is 4. The molecule has 5 heteroatoms. The lowest BCUT2D eigenvalue weighted by molar-refractivity contribution is 0.145. The van der Waals surface area contributed by atoms with E-state index in [4.69, 9.17) is 9.98 Å². The normalized spacial score (nSPS) is 20.0. The molecule has 6 rings (SSSR count). The highest BCUT2D eigenvalue weighted by Gasteiger charge is 2.22. The number of imidazole rings is 1. The van der Waals surface area contributed by atoms with Crippen LogP contribution in [0, 0.1) is 0 Å². The zero-order valence-electron chi connectivity index (χ0n) is 18.0. The van der Waals surface area contributed by atoms with Crippen molar-refractivity contribution in [3.05, 3.63) is 42.2 Å². The van der Waals surface area contributed by atoms with Gasteiger partial charge in [-0.3, -0.25) is 4.99 Å². The number of fused-ring (bicyclic) bond motifs is 2. The molecule has 1 N–H and O–H groups in total. The van der Waals surface area contributed by atoms with Crippen molar-refractivity contribution in [2.75, 3.05) is 18.0 Å². The van der Waals surface area contributed by atoms with Crippen molar-refractivity contribution in [3.63, 3.8) is 0 Å². The Hall–Kier alpha value is -2.66. The number of aliphatic hydroxyl groups is 1. The summed E-state index contributed by atoms with van der Waals surface area (Å²) in [5, 5.41) is 9.90. The number of aliphatic hydroxyl groups excluding tert-OH is 1. The Kier molecular flexibility index (Phi) is 4.79. The van der Waals surface area contributed by atoms with Crippen LogP contribution in [-0.2, 0) is 6.42 Å². The van der Waals surface area contributed by atoms with Crippen molar-refractivity contribution < 1.29 is 5.11 Å². The van der Waals surface area contributed by atoms with Crippen LogP contribution in [0.3, 0.4) is 0 Å². The maximum absolute atomic E-state index is 9.90. The number of hydrogen-bond acceptors (Lipinski definition) is 4. The van der Waals surface area contributed by atoms with Crippen molar-refractivity contribution >= 4 is 28.6 Å². The minimum absolute atomic E-state index is 0.157. The lowest BCUT2D eigenvalue weighted by Gasteiger charge is -2.32. The Balaban J connectivity index is 1.38. The van der Waals surface area contributed by atoms with Crippen LogP contribution in [0.2, 0.25) is 0 Å². The maximum Gasteiger partial charge on any atom is 0.0960 e. The Morgan fingerprint density at radius 3 is 2.61 bits per heavy atom. The van der Waals surface area contributed by atoms with Crippen LogP contribution in [0.15, 0.2) is 41.7 Å². The second-order valence-corrected chi connectivity index (χ2v) is 9.38. The minimum Gasteiger partial charge on any atom is -0.393 e. The van der Waals surface area contributed by atoms with Gasteiger partial charge in [-0.05, 0) is 61.1 Å². The van der Waals surface area contributed by atoms with Crippen LogP contribution in [0.4, 0.5) is 11.4 Å². The van der Waals surface area contributed by atoms with E-state index in [2.05, 4.69) is 39.8 Å². The summed E-state index contributed by atoms with van der Waals surface area (Å²) in [5.74, 6) is 0. The number of aliphatic imine (C=N–C) groups is 1. The second-order valence-electron chi connectivity index (χ2n) is 9.38. The summed E-state index contributed by atoms with van der Waals surface area (Å²) >= 11 is 0. The molecular weight excluding hydrogens is 384 g/mol. The van der Waals surface area contributed by atoms with E-state index in [0.717, 1.165) is 43.6 Å². The lowest BCUT2D eigenvalue weighted by Crippen LogP contribution is -2.35. The van der Waals surface area contributed by atoms with Crippen molar-refractivity contribution in [2.24, 2.45) is 4.99 Å². The zero-order chi connectivity index (χ0) is 20.8. The van der Waals surface area contributed by atoms with Gasteiger partial charge in [0.25, 0.3) is 0 Å². The quantitative estimate of drug-likeness (QED) is 0.622. The van der Waals surface area contributed by atoms with Gasteiger partial charge in [0, 0.05) is 43.0 Å². The second kappa shape index (κ2) is 7.79. The Bertz CT molecular complexity index is 1130. The van der Waals surface area contributed by atoms with Gasteiger partial charge in [0.15, 0.2) is 0 Å². The van der Waals surface area contributed by atoms with Gasteiger partial charge in [-0.15, -0.1) is 0 Å². The average Bonchev–Trinajstić information content (AvgIpc) is 3.46. The molecule has 160 valence electrons. The third-order valence-corrected chi connectivity index (χ3v) is 7.39. The summed E-state index contributed by atoms with van der Waals surface area (Å²) < 4.78 is 2.40. The zero-order valence-corrected chi connectivity index (χ0v) is 18.0. The predicted molar refractivity (Wildman–Crippen MR) is 127 cm³/mol. The molecule has 0 atom stereocenters. The molecule has 2 fully saturated rings. The topological polar surface area (TPSA) is 53.6 Å². The number of anilines is 1. The standard InChI is InChI=1S/C26H30N4O/c31-22-9-12-29(13-10-22)21-14-19-8-11-27-26(19)23(16-21)18-6-7-25-24(15-18)28-17-30(25)20-4-2-1-3-5-20/h6-7,11,14-17,20,22,31H,1-5,8-10,12-13H2. The fourth-order valence-electron chi connectivity index (χ4n) is 5.60. The highest BCUT2D eigenvalue weighted by molar-refractivity contribution is 5.92. The van der Waals surface area contributed by atoms with Gasteiger partial charge in [-0.1, -0.05) is 25.3 Å². The first-order valence-corrected chi connectivity index (χ1v) is 11.9. The van der Waals surface area contributed by atoms with Gasteiger partial charge in [0.05, 0.1) is 29.2 Å². The van der Waals surface area contributed by atoms with Crippen LogP contribution >= 0.6 is 0 Å². The first kappa shape index (κ1) is 19.1. The first-order valence-electron chi connectivity index (χ1n) is 11.9. The van der Waals surface area contributed by atoms with Gasteiger partial charge in [-0.25, -0.2) is 4.98 Å². The number of aromatic nitrogens is 2. The van der Waals surface area contributed by atoms with Gasteiger partial charge >= 0.3 is 0 Å². The van der Waals surface area contributed by atoms with E-state index >= 15 is 0 Å². The fraction of sp³-hybridized carbons (Fsp3) is 0.462. The molecule has 5 nitrogen and oxygen atoms in total. The minimum atomic E-state index is -0.157. The summed E-state index contributed by atoms with van der Waals surface area (Å²) in [5.41, 5.74) is 8.36. The summed E-state index contributed by atoms with van der Waals surface area (Å²) in [6.45, 7) is 1.82. The highest BCUT2D eigenvalue weighted by atomic mass is 16.3. The van der Waals surface area contributed by atoms with Crippen LogP contribution in [0.5, 0.6) is 0 Å². The maximum atomic E-state index is 9.90. The van der Waals surface area contributed by atoms with Crippen molar-refractivity contribution in [1.29, 1.82) is 0 Å². The molecule has 31 heavy (non-hydrogen) atoms. The van der Waals surface area contributed by atoms with Gasteiger partial charge < -0.3 is 14.6 Å². The van der Waals surface area contributed by atoms with Crippen molar-refractivity contribution in [2.45, 2.75) is 63.5 Å². The Labute approximate surface area is 183 Å². The monoisotopic (exact) mass is 414 g/mol. The van der Waals surface area contributed by atoms with Crippen LogP contribution in [0.1, 0.15) is 56.6 Å². The summed E-state index contributed by atoms with van der Waals surface area (Å²) in [4.78, 5) is 11.9. The molecule has 0 amide bonds. The number of piperidine rings is 1. The van der Waals surface area contributed by atoms with Gasteiger partial charge in [0.1, 0.15) is 0 Å². The third kappa shape index (κ3) is 3.45. The highest BCUT2D eigenvalue weighted by Crippen LogP contribution is 2.41. The fourth-order valence-corrected chi connectivity index (χ4v) is 5.60. The molecule has 3 aromatic rings. The van der Waals surface area contributed by atoms with E-state index in [1.807, 2.05) is 12.5 Å². The van der Waals surface area contributed by atoms with Gasteiger partial charge in [0.2, 0.25) is 0 Å². The molecule has 3 heterocycles. The smallest absolute Gasteiger partial charge is 0.0960 e. The molecule has 0 unspecified atom stereocenters. The van der Waals surface area contributed by atoms with E-state index in [1.165, 1.54) is 60.0 Å². The molecule has 3 aliphatic rings. The Morgan fingerprint density at radius 1 is 0.935 bits per heavy atom. The molecule has 1 saturated heterocycles. The molecule has 0 spiro atoms. The summed E-state index contributed by atoms with van der Waals surface area (Å²) in [6.07, 6.45) is 13.0.